The first-order valence-corrected chi connectivity index (χ1v) is 9.14. The molecule has 1 saturated heterocycles. The Kier molecular flexibility index (Phi) is 15.9. The molecule has 0 saturated carbocycles. The Balaban J connectivity index is -0.000000665. The van der Waals surface area contributed by atoms with Gasteiger partial charge in [0.1, 0.15) is 0 Å². The van der Waals surface area contributed by atoms with Crippen LogP contribution in [0.5, 0.6) is 0 Å². The minimum Gasteiger partial charge on any atom is -0.313 e. The number of hydrogen-bond donors (Lipinski definition) is 1. The number of nitrogens with one attached hydrogen (secondary N) is 1. The van der Waals surface area contributed by atoms with Crippen molar-refractivity contribution >= 4 is 0 Å². The van der Waals surface area contributed by atoms with E-state index in [0.29, 0.717) is 5.41 Å². The third kappa shape index (κ3) is 11.9. The first-order chi connectivity index (χ1) is 10.1. The van der Waals surface area contributed by atoms with Gasteiger partial charge in [0.05, 0.1) is 0 Å². The predicted octanol–water partition coefficient (Wildman–Crippen LogP) is 5.35. The number of hydrogen-bond acceptors (Lipinski definition) is 2. The Morgan fingerprint density at radius 1 is 1.24 bits per heavy atom. The molecular weight excluding hydrogens is 256 g/mol. The molecule has 0 bridgehead atoms. The third-order valence-corrected chi connectivity index (χ3v) is 3.79. The van der Waals surface area contributed by atoms with Crippen LogP contribution in [0.2, 0.25) is 0 Å². The maximum Gasteiger partial charge on any atom is 0.00850 e. The monoisotopic (exact) mass is 300 g/mol. The summed E-state index contributed by atoms with van der Waals surface area (Å²) in [7, 11) is 0. The number of nitrogens with zero attached hydrogens (tertiary/aromatic N) is 1. The fraction of sp³-hybridized carbons (Fsp3) is 0.895. The highest BCUT2D eigenvalue weighted by Gasteiger charge is 2.30. The first kappa shape index (κ1) is 22.9. The molecule has 2 nitrogen and oxygen atoms in total. The summed E-state index contributed by atoms with van der Waals surface area (Å²) in [6.07, 6.45) is 7.05. The maximum atomic E-state index is 3.78. The lowest BCUT2D eigenvalue weighted by molar-refractivity contribution is 0.267. The molecule has 0 spiro atoms. The zero-order chi connectivity index (χ0) is 16.7. The van der Waals surface area contributed by atoms with Crippen LogP contribution < -0.4 is 5.32 Å². The van der Waals surface area contributed by atoms with E-state index in [1.54, 1.807) is 0 Å². The number of unbranched alkanes of at least 4 members (excludes halogenated alkanes) is 1. The topological polar surface area (TPSA) is 15.3 Å². The minimum atomic E-state index is 0. The van der Waals surface area contributed by atoms with Crippen molar-refractivity contribution in [1.29, 1.82) is 0 Å². The summed E-state index contributed by atoms with van der Waals surface area (Å²) in [5, 5.41) is 3.65. The zero-order valence-electron chi connectivity index (χ0n) is 16.0. The zero-order valence-corrected chi connectivity index (χ0v) is 16.0. The van der Waals surface area contributed by atoms with Crippen LogP contribution in [0.25, 0.3) is 0 Å². The summed E-state index contributed by atoms with van der Waals surface area (Å²) in [5.74, 6) is 0. The molecule has 1 fully saturated rings. The van der Waals surface area contributed by atoms with E-state index in [9.17, 15) is 0 Å². The van der Waals surface area contributed by atoms with Gasteiger partial charge in [-0.2, -0.15) is 0 Å². The molecule has 0 aromatic heterocycles. The summed E-state index contributed by atoms with van der Waals surface area (Å²) in [4.78, 5) is 2.57. The first-order valence-electron chi connectivity index (χ1n) is 9.14. The van der Waals surface area contributed by atoms with Crippen molar-refractivity contribution in [3.05, 3.63) is 12.7 Å². The summed E-state index contributed by atoms with van der Waals surface area (Å²) in [6.45, 7) is 23.6. The average molecular weight is 301 g/mol. The Hall–Kier alpha value is -0.340. The molecule has 0 amide bonds. The molecule has 1 heterocycles. The molecule has 1 N–H and O–H groups in total. The van der Waals surface area contributed by atoms with Crippen LogP contribution in [-0.4, -0.2) is 37.1 Å². The van der Waals surface area contributed by atoms with Gasteiger partial charge in [0.25, 0.3) is 0 Å². The van der Waals surface area contributed by atoms with Gasteiger partial charge in [-0.05, 0) is 50.7 Å². The van der Waals surface area contributed by atoms with Crippen molar-refractivity contribution in [3.8, 4) is 0 Å². The largest absolute Gasteiger partial charge is 0.313 e. The highest BCUT2D eigenvalue weighted by atomic mass is 15.1. The van der Waals surface area contributed by atoms with Crippen LogP contribution in [-0.2, 0) is 0 Å². The SMILES string of the molecule is C=CCCCN(CC)CCC1CC(C)(C)CN1.CC.CC.[HH]. The molecule has 130 valence electrons. The van der Waals surface area contributed by atoms with E-state index >= 15 is 0 Å². The molecule has 0 aliphatic carbocycles. The van der Waals surface area contributed by atoms with Gasteiger partial charge in [-0.25, -0.2) is 0 Å². The van der Waals surface area contributed by atoms with E-state index in [4.69, 9.17) is 0 Å². The molecule has 1 rings (SSSR count). The molecule has 0 aromatic rings. The maximum absolute atomic E-state index is 3.78. The van der Waals surface area contributed by atoms with Gasteiger partial charge in [-0.1, -0.05) is 54.5 Å². The summed E-state index contributed by atoms with van der Waals surface area (Å²) in [6, 6.07) is 0.735. The minimum absolute atomic E-state index is 0. The van der Waals surface area contributed by atoms with Gasteiger partial charge in [-0.3, -0.25) is 0 Å². The fourth-order valence-corrected chi connectivity index (χ4v) is 2.66. The molecule has 1 atom stereocenters. The Morgan fingerprint density at radius 2 is 1.86 bits per heavy atom. The number of allylic oxidation sites excluding steroid dienone is 1. The summed E-state index contributed by atoms with van der Waals surface area (Å²) < 4.78 is 0. The van der Waals surface area contributed by atoms with Crippen molar-refractivity contribution in [1.82, 2.24) is 10.2 Å². The van der Waals surface area contributed by atoms with E-state index in [1.807, 2.05) is 33.8 Å². The Morgan fingerprint density at radius 3 is 2.29 bits per heavy atom. The highest BCUT2D eigenvalue weighted by Crippen LogP contribution is 2.28. The highest BCUT2D eigenvalue weighted by molar-refractivity contribution is 4.87. The van der Waals surface area contributed by atoms with Crippen molar-refractivity contribution in [2.75, 3.05) is 26.2 Å². The van der Waals surface area contributed by atoms with Gasteiger partial charge in [-0.15, -0.1) is 6.58 Å². The lowest BCUT2D eigenvalue weighted by Gasteiger charge is -2.22. The fourth-order valence-electron chi connectivity index (χ4n) is 2.66. The van der Waals surface area contributed by atoms with Gasteiger partial charge in [0, 0.05) is 14.0 Å². The predicted molar refractivity (Wildman–Crippen MR) is 101 cm³/mol. The van der Waals surface area contributed by atoms with Crippen LogP contribution in [0.3, 0.4) is 0 Å². The van der Waals surface area contributed by atoms with E-state index in [0.717, 1.165) is 12.5 Å². The van der Waals surface area contributed by atoms with Crippen LogP contribution in [0, 0.1) is 5.41 Å². The molecule has 0 radical (unpaired) electrons. The van der Waals surface area contributed by atoms with Crippen molar-refractivity contribution in [2.24, 2.45) is 5.41 Å². The number of rotatable bonds is 8. The second kappa shape index (κ2) is 14.6. The Bertz CT molecular complexity index is 229. The molecular formula is C19H44N2. The second-order valence-electron chi connectivity index (χ2n) is 6.10. The summed E-state index contributed by atoms with van der Waals surface area (Å²) in [5.41, 5.74) is 0.505. The molecule has 1 aliphatic heterocycles. The van der Waals surface area contributed by atoms with Crippen molar-refractivity contribution < 1.29 is 1.43 Å². The van der Waals surface area contributed by atoms with Crippen LogP contribution in [0.15, 0.2) is 12.7 Å². The normalized spacial score (nSPS) is 19.3. The lowest BCUT2D eigenvalue weighted by Crippen LogP contribution is -2.31. The second-order valence-corrected chi connectivity index (χ2v) is 6.10. The van der Waals surface area contributed by atoms with Gasteiger partial charge < -0.3 is 10.2 Å². The lowest BCUT2D eigenvalue weighted by atomic mass is 9.90. The van der Waals surface area contributed by atoms with Crippen molar-refractivity contribution in [3.63, 3.8) is 0 Å². The summed E-state index contributed by atoms with van der Waals surface area (Å²) >= 11 is 0. The molecule has 21 heavy (non-hydrogen) atoms. The van der Waals surface area contributed by atoms with Gasteiger partial charge in [0.2, 0.25) is 0 Å². The average Bonchev–Trinajstić information content (AvgIpc) is 2.86. The van der Waals surface area contributed by atoms with E-state index in [-0.39, 0.29) is 1.43 Å². The molecule has 2 heteroatoms. The van der Waals surface area contributed by atoms with E-state index < -0.39 is 0 Å². The smallest absolute Gasteiger partial charge is 0.00850 e. The van der Waals surface area contributed by atoms with Crippen LogP contribution in [0.1, 0.15) is 75.6 Å². The molecule has 0 aromatic carbocycles. The van der Waals surface area contributed by atoms with E-state index in [1.165, 1.54) is 45.4 Å². The quantitative estimate of drug-likeness (QED) is 0.480. The third-order valence-electron chi connectivity index (χ3n) is 3.79. The molecule has 1 aliphatic rings. The van der Waals surface area contributed by atoms with Crippen molar-refractivity contribution in [2.45, 2.75) is 80.2 Å². The Labute approximate surface area is 136 Å². The van der Waals surface area contributed by atoms with Gasteiger partial charge in [0.15, 0.2) is 0 Å². The van der Waals surface area contributed by atoms with Gasteiger partial charge >= 0.3 is 0 Å². The van der Waals surface area contributed by atoms with Crippen LogP contribution in [0.4, 0.5) is 0 Å². The standard InChI is InChI=1S/C15H30N2.2C2H6.H2/c1-5-7-8-10-17(6-2)11-9-14-12-15(3,4)13-16-14;2*1-2;/h5,14,16H,1,6-13H2,2-4H3;2*1-2H3;1H. The van der Waals surface area contributed by atoms with Crippen LogP contribution >= 0.6 is 0 Å². The van der Waals surface area contributed by atoms with E-state index in [2.05, 4.69) is 37.6 Å². The molecule has 1 unspecified atom stereocenters.